The van der Waals surface area contributed by atoms with Crippen LogP contribution in [0, 0.1) is 17.3 Å². The molecule has 4 nitrogen and oxygen atoms in total. The lowest BCUT2D eigenvalue weighted by molar-refractivity contribution is 0.290. The molecule has 0 bridgehead atoms. The van der Waals surface area contributed by atoms with E-state index in [9.17, 15) is 0 Å². The van der Waals surface area contributed by atoms with Crippen LogP contribution in [0.1, 0.15) is 38.5 Å². The van der Waals surface area contributed by atoms with E-state index in [2.05, 4.69) is 10.3 Å². The smallest absolute Gasteiger partial charge is 0.239 e. The van der Waals surface area contributed by atoms with Crippen molar-refractivity contribution in [2.75, 3.05) is 24.2 Å². The Labute approximate surface area is 120 Å². The Morgan fingerprint density at radius 2 is 2.05 bits per heavy atom. The van der Waals surface area contributed by atoms with Crippen molar-refractivity contribution in [1.82, 2.24) is 4.98 Å². The van der Waals surface area contributed by atoms with Gasteiger partial charge in [-0.1, -0.05) is 0 Å². The monoisotopic (exact) mass is 273 g/mol. The maximum absolute atomic E-state index is 5.93. The van der Waals surface area contributed by atoms with E-state index in [1.54, 1.807) is 0 Å². The van der Waals surface area contributed by atoms with Crippen molar-refractivity contribution in [2.24, 2.45) is 17.3 Å². The number of hydrogen-bond acceptors (Lipinski definition) is 4. The molecule has 0 aromatic carbocycles. The molecule has 0 radical (unpaired) electrons. The zero-order valence-corrected chi connectivity index (χ0v) is 11.9. The molecule has 0 aliphatic heterocycles. The Balaban J connectivity index is 1.38. The van der Waals surface area contributed by atoms with Crippen LogP contribution in [0.4, 0.5) is 11.5 Å². The van der Waals surface area contributed by atoms with Crippen molar-refractivity contribution in [3.05, 3.63) is 12.1 Å². The molecule has 4 rings (SSSR count). The van der Waals surface area contributed by atoms with E-state index >= 15 is 0 Å². The van der Waals surface area contributed by atoms with Crippen molar-refractivity contribution in [2.45, 2.75) is 38.5 Å². The van der Waals surface area contributed by atoms with E-state index in [1.807, 2.05) is 12.1 Å². The highest BCUT2D eigenvalue weighted by Gasteiger charge is 2.53. The third-order valence-corrected chi connectivity index (χ3v) is 5.00. The summed E-state index contributed by atoms with van der Waals surface area (Å²) in [6.45, 7) is 1.81. The summed E-state index contributed by atoms with van der Waals surface area (Å²) >= 11 is 0. The Kier molecular flexibility index (Phi) is 2.79. The van der Waals surface area contributed by atoms with Crippen molar-refractivity contribution in [1.29, 1.82) is 0 Å². The average molecular weight is 273 g/mol. The molecule has 20 heavy (non-hydrogen) atoms. The molecule has 1 aromatic rings. The highest BCUT2D eigenvalue weighted by atomic mass is 16.5. The fraction of sp³-hybridized carbons (Fsp3) is 0.688. The Hall–Kier alpha value is -1.45. The molecule has 0 saturated heterocycles. The van der Waals surface area contributed by atoms with Gasteiger partial charge in [-0.2, -0.15) is 4.98 Å². The standard InChI is InChI=1S/C16H23N3O/c17-13-5-6-14(19-15(13)20-9-11-1-2-11)18-10-16(7-8-16)12-3-4-12/h5-6,11-12H,1-4,7-10,17H2,(H,18,19). The van der Waals surface area contributed by atoms with Gasteiger partial charge in [-0.3, -0.25) is 0 Å². The highest BCUT2D eigenvalue weighted by Crippen LogP contribution is 2.61. The summed E-state index contributed by atoms with van der Waals surface area (Å²) in [5.74, 6) is 3.18. The van der Waals surface area contributed by atoms with Crippen LogP contribution >= 0.6 is 0 Å². The highest BCUT2D eigenvalue weighted by molar-refractivity contribution is 5.53. The SMILES string of the molecule is Nc1ccc(NCC2(C3CC3)CC2)nc1OCC1CC1. The number of pyridine rings is 1. The van der Waals surface area contributed by atoms with Gasteiger partial charge in [0.2, 0.25) is 5.88 Å². The molecule has 3 fully saturated rings. The number of nitrogens with one attached hydrogen (secondary N) is 1. The van der Waals surface area contributed by atoms with Gasteiger partial charge in [-0.25, -0.2) is 0 Å². The van der Waals surface area contributed by atoms with E-state index < -0.39 is 0 Å². The lowest BCUT2D eigenvalue weighted by Gasteiger charge is -2.16. The van der Waals surface area contributed by atoms with Crippen LogP contribution in [-0.4, -0.2) is 18.1 Å². The van der Waals surface area contributed by atoms with Gasteiger partial charge in [0, 0.05) is 6.54 Å². The average Bonchev–Trinajstić information content (AvgIpc) is 3.27. The second-order valence-corrected chi connectivity index (χ2v) is 6.84. The summed E-state index contributed by atoms with van der Waals surface area (Å²) in [4.78, 5) is 4.52. The van der Waals surface area contributed by atoms with Crippen LogP contribution in [-0.2, 0) is 0 Å². The van der Waals surface area contributed by atoms with Gasteiger partial charge in [-0.15, -0.1) is 0 Å². The van der Waals surface area contributed by atoms with E-state index in [-0.39, 0.29) is 0 Å². The molecule has 1 aromatic heterocycles. The van der Waals surface area contributed by atoms with E-state index in [0.717, 1.165) is 30.8 Å². The quantitative estimate of drug-likeness (QED) is 0.801. The maximum atomic E-state index is 5.93. The largest absolute Gasteiger partial charge is 0.476 e. The summed E-state index contributed by atoms with van der Waals surface area (Å²) in [6.07, 6.45) is 8.16. The number of rotatable bonds is 7. The third-order valence-electron chi connectivity index (χ3n) is 5.00. The minimum atomic E-state index is 0.581. The topological polar surface area (TPSA) is 60.2 Å². The molecule has 0 amide bonds. The molecule has 3 aliphatic rings. The van der Waals surface area contributed by atoms with Crippen LogP contribution in [0.25, 0.3) is 0 Å². The van der Waals surface area contributed by atoms with Gasteiger partial charge < -0.3 is 15.8 Å². The number of nitrogen functional groups attached to an aromatic ring is 1. The molecule has 1 heterocycles. The number of ether oxygens (including phenoxy) is 1. The second-order valence-electron chi connectivity index (χ2n) is 6.84. The maximum Gasteiger partial charge on any atom is 0.239 e. The number of aromatic nitrogens is 1. The molecule has 3 N–H and O–H groups in total. The van der Waals surface area contributed by atoms with Crippen LogP contribution in [0.15, 0.2) is 12.1 Å². The lowest BCUT2D eigenvalue weighted by Crippen LogP contribution is -2.18. The van der Waals surface area contributed by atoms with Gasteiger partial charge in [-0.05, 0) is 67.9 Å². The first-order valence-electron chi connectivity index (χ1n) is 7.88. The first-order chi connectivity index (χ1) is 9.75. The minimum absolute atomic E-state index is 0.581. The van der Waals surface area contributed by atoms with E-state index in [0.29, 0.717) is 17.0 Å². The fourth-order valence-corrected chi connectivity index (χ4v) is 3.00. The summed E-state index contributed by atoms with van der Waals surface area (Å²) in [7, 11) is 0. The molecule has 4 heteroatoms. The van der Waals surface area contributed by atoms with E-state index in [1.165, 1.54) is 38.5 Å². The van der Waals surface area contributed by atoms with Gasteiger partial charge >= 0.3 is 0 Å². The zero-order valence-electron chi connectivity index (χ0n) is 11.9. The molecule has 3 aliphatic carbocycles. The summed E-state index contributed by atoms with van der Waals surface area (Å²) in [5, 5.41) is 3.49. The molecule has 3 saturated carbocycles. The number of nitrogens with zero attached hydrogens (tertiary/aromatic N) is 1. The normalized spacial score (nSPS) is 23.4. The third kappa shape index (κ3) is 2.56. The van der Waals surface area contributed by atoms with Gasteiger partial charge in [0.05, 0.1) is 12.3 Å². The van der Waals surface area contributed by atoms with Crippen molar-refractivity contribution < 1.29 is 4.74 Å². The number of nitrogens with two attached hydrogens (primary N) is 1. The first kappa shape index (κ1) is 12.3. The van der Waals surface area contributed by atoms with Gasteiger partial charge in [0.25, 0.3) is 0 Å². The van der Waals surface area contributed by atoms with Crippen molar-refractivity contribution >= 4 is 11.5 Å². The fourth-order valence-electron chi connectivity index (χ4n) is 3.00. The zero-order chi connectivity index (χ0) is 13.6. The molecule has 0 unspecified atom stereocenters. The number of hydrogen-bond donors (Lipinski definition) is 2. The van der Waals surface area contributed by atoms with E-state index in [4.69, 9.17) is 10.5 Å². The molecule has 0 atom stereocenters. The van der Waals surface area contributed by atoms with Crippen molar-refractivity contribution in [3.63, 3.8) is 0 Å². The van der Waals surface area contributed by atoms with Crippen molar-refractivity contribution in [3.8, 4) is 5.88 Å². The summed E-state index contributed by atoms with van der Waals surface area (Å²) in [6, 6.07) is 3.86. The van der Waals surface area contributed by atoms with Gasteiger partial charge in [0.15, 0.2) is 0 Å². The minimum Gasteiger partial charge on any atom is -0.476 e. The van der Waals surface area contributed by atoms with Crippen LogP contribution in [0.5, 0.6) is 5.88 Å². The van der Waals surface area contributed by atoms with Gasteiger partial charge in [0.1, 0.15) is 5.82 Å². The Morgan fingerprint density at radius 1 is 1.25 bits per heavy atom. The first-order valence-corrected chi connectivity index (χ1v) is 7.88. The summed E-state index contributed by atoms with van der Waals surface area (Å²) < 4.78 is 5.73. The molecule has 0 spiro atoms. The second kappa shape index (κ2) is 4.54. The Bertz CT molecular complexity index is 504. The Morgan fingerprint density at radius 3 is 2.70 bits per heavy atom. The predicted molar refractivity (Wildman–Crippen MR) is 79.7 cm³/mol. The molecular weight excluding hydrogens is 250 g/mol. The van der Waals surface area contributed by atoms with Crippen LogP contribution in [0.2, 0.25) is 0 Å². The lowest BCUT2D eigenvalue weighted by atomic mass is 10.0. The number of anilines is 2. The molecule has 108 valence electrons. The summed E-state index contributed by atoms with van der Waals surface area (Å²) in [5.41, 5.74) is 7.15. The van der Waals surface area contributed by atoms with Crippen LogP contribution < -0.4 is 15.8 Å². The predicted octanol–water partition coefficient (Wildman–Crippen LogP) is 3.05. The van der Waals surface area contributed by atoms with Crippen LogP contribution in [0.3, 0.4) is 0 Å². The molecular formula is C16H23N3O.